The van der Waals surface area contributed by atoms with Crippen LogP contribution in [0.3, 0.4) is 0 Å². The topological polar surface area (TPSA) is 113 Å². The average Bonchev–Trinajstić information content (AvgIpc) is 2.48. The minimum absolute atomic E-state index is 0.449. The SMILES string of the molecule is CC[C@H](N)C(=O)O.CC[C@H](NCc1ccccc1)C(=O)O. The van der Waals surface area contributed by atoms with Crippen molar-refractivity contribution < 1.29 is 19.8 Å². The van der Waals surface area contributed by atoms with E-state index in [0.29, 0.717) is 19.4 Å². The monoisotopic (exact) mass is 296 g/mol. The molecule has 118 valence electrons. The molecule has 0 unspecified atom stereocenters. The van der Waals surface area contributed by atoms with Crippen LogP contribution >= 0.6 is 0 Å². The maximum Gasteiger partial charge on any atom is 0.320 e. The Morgan fingerprint density at radius 1 is 1.10 bits per heavy atom. The molecule has 1 aromatic carbocycles. The van der Waals surface area contributed by atoms with E-state index in [1.165, 1.54) is 0 Å². The van der Waals surface area contributed by atoms with Crippen LogP contribution in [0.2, 0.25) is 0 Å². The van der Waals surface area contributed by atoms with Crippen LogP contribution in [-0.4, -0.2) is 34.2 Å². The maximum absolute atomic E-state index is 10.7. The predicted octanol–water partition coefficient (Wildman–Crippen LogP) is 1.45. The second-order valence-electron chi connectivity index (χ2n) is 4.52. The van der Waals surface area contributed by atoms with Gasteiger partial charge in [-0.25, -0.2) is 0 Å². The van der Waals surface area contributed by atoms with Gasteiger partial charge in [0.05, 0.1) is 0 Å². The van der Waals surface area contributed by atoms with Gasteiger partial charge in [0.2, 0.25) is 0 Å². The minimum atomic E-state index is -0.928. The highest BCUT2D eigenvalue weighted by molar-refractivity contribution is 5.73. The molecule has 0 aliphatic rings. The molecule has 0 aliphatic heterocycles. The standard InChI is InChI=1S/C11H15NO2.C4H9NO2/c1-2-10(11(13)14)12-8-9-6-4-3-5-7-9;1-2-3(5)4(6)7/h3-7,10,12H,2,8H2,1H3,(H,13,14);3H,2,5H2,1H3,(H,6,7)/t10-;3-/m00/s1. The highest BCUT2D eigenvalue weighted by Crippen LogP contribution is 1.99. The fraction of sp³-hybridized carbons (Fsp3) is 0.467. The van der Waals surface area contributed by atoms with Crippen LogP contribution in [0, 0.1) is 0 Å². The van der Waals surface area contributed by atoms with Gasteiger partial charge in [0.15, 0.2) is 0 Å². The van der Waals surface area contributed by atoms with Crippen LogP contribution in [0.15, 0.2) is 30.3 Å². The van der Waals surface area contributed by atoms with Crippen LogP contribution in [0.25, 0.3) is 0 Å². The number of nitrogens with two attached hydrogens (primary N) is 1. The summed E-state index contributed by atoms with van der Waals surface area (Å²) in [5, 5.41) is 19.8. The summed E-state index contributed by atoms with van der Waals surface area (Å²) in [6, 6.07) is 8.65. The summed E-state index contributed by atoms with van der Waals surface area (Å²) < 4.78 is 0. The number of rotatable bonds is 7. The molecule has 0 spiro atoms. The van der Waals surface area contributed by atoms with Crippen molar-refractivity contribution in [2.45, 2.75) is 45.3 Å². The first-order chi connectivity index (χ1) is 9.92. The van der Waals surface area contributed by atoms with E-state index in [-0.39, 0.29) is 0 Å². The van der Waals surface area contributed by atoms with Crippen LogP contribution in [-0.2, 0) is 16.1 Å². The number of carbonyl (C=O) groups is 2. The molecule has 6 nitrogen and oxygen atoms in total. The molecule has 0 radical (unpaired) electrons. The number of benzene rings is 1. The Balaban J connectivity index is 0.000000486. The molecule has 2 atom stereocenters. The van der Waals surface area contributed by atoms with Crippen molar-refractivity contribution in [1.82, 2.24) is 5.32 Å². The Labute approximate surface area is 125 Å². The van der Waals surface area contributed by atoms with Gasteiger partial charge in [-0.2, -0.15) is 0 Å². The zero-order valence-electron chi connectivity index (χ0n) is 12.5. The van der Waals surface area contributed by atoms with E-state index in [1.807, 2.05) is 37.3 Å². The number of carboxylic acid groups (broad SMARTS) is 2. The second kappa shape index (κ2) is 10.8. The van der Waals surface area contributed by atoms with Crippen LogP contribution in [0.5, 0.6) is 0 Å². The first-order valence-corrected chi connectivity index (χ1v) is 6.90. The third-order valence-corrected chi connectivity index (χ3v) is 2.86. The van der Waals surface area contributed by atoms with E-state index in [2.05, 4.69) is 5.32 Å². The van der Waals surface area contributed by atoms with Gasteiger partial charge in [-0.3, -0.25) is 9.59 Å². The largest absolute Gasteiger partial charge is 0.480 e. The zero-order valence-corrected chi connectivity index (χ0v) is 12.5. The molecule has 0 heterocycles. The molecule has 1 aromatic rings. The number of hydrogen-bond acceptors (Lipinski definition) is 4. The quantitative estimate of drug-likeness (QED) is 0.606. The maximum atomic E-state index is 10.7. The van der Waals surface area contributed by atoms with E-state index in [4.69, 9.17) is 15.9 Å². The highest BCUT2D eigenvalue weighted by Gasteiger charge is 2.13. The van der Waals surface area contributed by atoms with Crippen molar-refractivity contribution in [2.75, 3.05) is 0 Å². The highest BCUT2D eigenvalue weighted by atomic mass is 16.4. The van der Waals surface area contributed by atoms with Gasteiger partial charge in [0, 0.05) is 6.54 Å². The molecule has 0 saturated heterocycles. The lowest BCUT2D eigenvalue weighted by Gasteiger charge is -2.11. The van der Waals surface area contributed by atoms with Crippen molar-refractivity contribution in [1.29, 1.82) is 0 Å². The third kappa shape index (κ3) is 8.78. The number of hydrogen-bond donors (Lipinski definition) is 4. The average molecular weight is 296 g/mol. The van der Waals surface area contributed by atoms with Crippen molar-refractivity contribution in [3.63, 3.8) is 0 Å². The first-order valence-electron chi connectivity index (χ1n) is 6.90. The fourth-order valence-corrected chi connectivity index (χ4v) is 1.42. The van der Waals surface area contributed by atoms with Gasteiger partial charge >= 0.3 is 11.9 Å². The summed E-state index contributed by atoms with van der Waals surface area (Å²) in [6.45, 7) is 4.20. The van der Waals surface area contributed by atoms with Gasteiger partial charge < -0.3 is 21.3 Å². The molecule has 0 aromatic heterocycles. The van der Waals surface area contributed by atoms with Gasteiger partial charge in [0.25, 0.3) is 0 Å². The molecule has 21 heavy (non-hydrogen) atoms. The molecule has 5 N–H and O–H groups in total. The second-order valence-corrected chi connectivity index (χ2v) is 4.52. The number of nitrogens with one attached hydrogen (secondary N) is 1. The smallest absolute Gasteiger partial charge is 0.320 e. The molecule has 0 aliphatic carbocycles. The molecular formula is C15H24N2O4. The Morgan fingerprint density at radius 3 is 2.00 bits per heavy atom. The van der Waals surface area contributed by atoms with Crippen molar-refractivity contribution in [3.05, 3.63) is 35.9 Å². The molecule has 0 saturated carbocycles. The normalized spacial score (nSPS) is 12.7. The molecule has 1 rings (SSSR count). The van der Waals surface area contributed by atoms with E-state index in [0.717, 1.165) is 5.56 Å². The van der Waals surface area contributed by atoms with Crippen molar-refractivity contribution in [3.8, 4) is 0 Å². The van der Waals surface area contributed by atoms with Gasteiger partial charge in [-0.05, 0) is 18.4 Å². The van der Waals surface area contributed by atoms with Crippen molar-refractivity contribution in [2.24, 2.45) is 5.73 Å². The predicted molar refractivity (Wildman–Crippen MR) is 80.9 cm³/mol. The summed E-state index contributed by atoms with van der Waals surface area (Å²) in [7, 11) is 0. The summed E-state index contributed by atoms with van der Waals surface area (Å²) in [4.78, 5) is 20.5. The van der Waals surface area contributed by atoms with E-state index < -0.39 is 24.0 Å². The van der Waals surface area contributed by atoms with Crippen molar-refractivity contribution >= 4 is 11.9 Å². The summed E-state index contributed by atoms with van der Waals surface area (Å²) in [5.41, 5.74) is 6.12. The summed E-state index contributed by atoms with van der Waals surface area (Å²) in [6.07, 6.45) is 1.09. The van der Waals surface area contributed by atoms with Gasteiger partial charge in [-0.1, -0.05) is 44.2 Å². The lowest BCUT2D eigenvalue weighted by atomic mass is 10.2. The van der Waals surface area contributed by atoms with E-state index >= 15 is 0 Å². The van der Waals surface area contributed by atoms with Gasteiger partial charge in [0.1, 0.15) is 12.1 Å². The molecule has 0 fully saturated rings. The number of aliphatic carboxylic acids is 2. The minimum Gasteiger partial charge on any atom is -0.480 e. The zero-order chi connectivity index (χ0) is 16.3. The van der Waals surface area contributed by atoms with E-state index in [9.17, 15) is 9.59 Å². The van der Waals surface area contributed by atoms with Crippen LogP contribution in [0.4, 0.5) is 0 Å². The number of carboxylic acids is 2. The summed E-state index contributed by atoms with van der Waals surface area (Å²) >= 11 is 0. The molecule has 0 amide bonds. The first kappa shape index (κ1) is 19.1. The Bertz CT molecular complexity index is 423. The molecular weight excluding hydrogens is 272 g/mol. The molecule has 6 heteroatoms. The summed E-state index contributed by atoms with van der Waals surface area (Å²) in [5.74, 6) is -1.72. The van der Waals surface area contributed by atoms with Crippen LogP contribution < -0.4 is 11.1 Å². The van der Waals surface area contributed by atoms with Gasteiger partial charge in [-0.15, -0.1) is 0 Å². The Kier molecular flexibility index (Phi) is 9.83. The fourth-order valence-electron chi connectivity index (χ4n) is 1.42. The van der Waals surface area contributed by atoms with Crippen LogP contribution in [0.1, 0.15) is 32.3 Å². The Hall–Kier alpha value is -1.92. The molecule has 0 bridgehead atoms. The Morgan fingerprint density at radius 2 is 1.67 bits per heavy atom. The lowest BCUT2D eigenvalue weighted by molar-refractivity contribution is -0.140. The third-order valence-electron chi connectivity index (χ3n) is 2.86. The lowest BCUT2D eigenvalue weighted by Crippen LogP contribution is -2.35. The van der Waals surface area contributed by atoms with E-state index in [1.54, 1.807) is 6.92 Å².